The predicted molar refractivity (Wildman–Crippen MR) is 326 cm³/mol. The molecular formula is C69H134O6. The average Bonchev–Trinajstić information content (AvgIpc) is 3.41. The van der Waals surface area contributed by atoms with Gasteiger partial charge < -0.3 is 14.2 Å². The van der Waals surface area contributed by atoms with Crippen LogP contribution in [-0.4, -0.2) is 37.2 Å². The number of hydrogen-bond acceptors (Lipinski definition) is 6. The van der Waals surface area contributed by atoms with Gasteiger partial charge in [-0.15, -0.1) is 0 Å². The highest BCUT2D eigenvalue weighted by molar-refractivity contribution is 5.71. The summed E-state index contributed by atoms with van der Waals surface area (Å²) in [5.41, 5.74) is 0. The number of ether oxygens (including phenoxy) is 3. The smallest absolute Gasteiger partial charge is 0.306 e. The fourth-order valence-corrected chi connectivity index (χ4v) is 10.9. The predicted octanol–water partition coefficient (Wildman–Crippen LogP) is 23.5. The highest BCUT2D eigenvalue weighted by atomic mass is 16.6. The molecular weight excluding hydrogens is 925 g/mol. The SMILES string of the molecule is CCCCCCCCCCCCCCCCCCCCCCCCCCCCCC(=O)OCC(COC(=O)CCCCCCCCCCCCCCCC)OC(=O)CCCCCCCCCCCCCCCCCC. The van der Waals surface area contributed by atoms with Crippen molar-refractivity contribution in [2.24, 2.45) is 0 Å². The molecule has 6 heteroatoms. The van der Waals surface area contributed by atoms with E-state index in [2.05, 4.69) is 20.8 Å². The Morgan fingerprint density at radius 2 is 0.360 bits per heavy atom. The van der Waals surface area contributed by atoms with Crippen molar-refractivity contribution in [3.05, 3.63) is 0 Å². The third-order valence-corrected chi connectivity index (χ3v) is 16.1. The van der Waals surface area contributed by atoms with Crippen LogP contribution in [0.4, 0.5) is 0 Å². The van der Waals surface area contributed by atoms with Crippen LogP contribution in [-0.2, 0) is 28.6 Å². The Morgan fingerprint density at radius 3 is 0.533 bits per heavy atom. The normalized spacial score (nSPS) is 11.9. The van der Waals surface area contributed by atoms with Crippen molar-refractivity contribution in [2.75, 3.05) is 13.2 Å². The van der Waals surface area contributed by atoms with Gasteiger partial charge in [-0.1, -0.05) is 367 Å². The standard InChI is InChI=1S/C69H134O6/c1-4-7-10-13-16-19-22-25-28-30-31-32-33-34-35-36-37-38-39-40-42-44-47-50-53-56-59-62-68(71)74-65-66(64-73-67(70)61-58-55-52-49-46-43-27-24-21-18-15-12-9-6-3)75-69(72)63-60-57-54-51-48-45-41-29-26-23-20-17-14-11-8-5-2/h66H,4-65H2,1-3H3. The van der Waals surface area contributed by atoms with Gasteiger partial charge in [-0.25, -0.2) is 0 Å². The van der Waals surface area contributed by atoms with E-state index in [0.29, 0.717) is 19.3 Å². The van der Waals surface area contributed by atoms with E-state index in [1.165, 1.54) is 308 Å². The second-order valence-electron chi connectivity index (χ2n) is 23.8. The lowest BCUT2D eigenvalue weighted by molar-refractivity contribution is -0.167. The van der Waals surface area contributed by atoms with Gasteiger partial charge in [-0.3, -0.25) is 14.4 Å². The quantitative estimate of drug-likeness (QED) is 0.0343. The molecule has 0 fully saturated rings. The number of carbonyl (C=O) groups excluding carboxylic acids is 3. The van der Waals surface area contributed by atoms with Crippen LogP contribution >= 0.6 is 0 Å². The Kier molecular flexibility index (Phi) is 63.6. The molecule has 0 aliphatic heterocycles. The molecule has 1 atom stereocenters. The maximum atomic E-state index is 12.9. The van der Waals surface area contributed by atoms with E-state index in [1.54, 1.807) is 0 Å². The molecule has 0 saturated carbocycles. The molecule has 1 unspecified atom stereocenters. The monoisotopic (exact) mass is 1060 g/mol. The van der Waals surface area contributed by atoms with Gasteiger partial charge in [0.15, 0.2) is 6.10 Å². The summed E-state index contributed by atoms with van der Waals surface area (Å²) in [5, 5.41) is 0. The van der Waals surface area contributed by atoms with Crippen LogP contribution in [0.25, 0.3) is 0 Å². The molecule has 0 aromatic heterocycles. The van der Waals surface area contributed by atoms with Crippen LogP contribution in [0.1, 0.15) is 406 Å². The van der Waals surface area contributed by atoms with Crippen molar-refractivity contribution in [3.8, 4) is 0 Å². The largest absolute Gasteiger partial charge is 0.462 e. The first-order chi connectivity index (χ1) is 37.0. The molecule has 0 spiro atoms. The molecule has 0 radical (unpaired) electrons. The summed E-state index contributed by atoms with van der Waals surface area (Å²) in [6.45, 7) is 6.74. The second-order valence-corrected chi connectivity index (χ2v) is 23.8. The van der Waals surface area contributed by atoms with Crippen LogP contribution in [0.2, 0.25) is 0 Å². The maximum Gasteiger partial charge on any atom is 0.306 e. The minimum Gasteiger partial charge on any atom is -0.462 e. The van der Waals surface area contributed by atoms with E-state index in [4.69, 9.17) is 14.2 Å². The third-order valence-electron chi connectivity index (χ3n) is 16.1. The van der Waals surface area contributed by atoms with Gasteiger partial charge in [0.05, 0.1) is 0 Å². The first-order valence-corrected chi connectivity index (χ1v) is 34.5. The Balaban J connectivity index is 4.16. The molecule has 446 valence electrons. The Labute approximate surface area is 469 Å². The van der Waals surface area contributed by atoms with Crippen molar-refractivity contribution in [2.45, 2.75) is 412 Å². The lowest BCUT2D eigenvalue weighted by atomic mass is 10.0. The molecule has 75 heavy (non-hydrogen) atoms. The van der Waals surface area contributed by atoms with E-state index in [-0.39, 0.29) is 31.1 Å². The van der Waals surface area contributed by atoms with Crippen molar-refractivity contribution in [1.82, 2.24) is 0 Å². The van der Waals surface area contributed by atoms with Crippen molar-refractivity contribution in [1.29, 1.82) is 0 Å². The van der Waals surface area contributed by atoms with Gasteiger partial charge in [-0.2, -0.15) is 0 Å². The number of esters is 3. The van der Waals surface area contributed by atoms with E-state index < -0.39 is 6.10 Å². The van der Waals surface area contributed by atoms with Gasteiger partial charge >= 0.3 is 17.9 Å². The number of hydrogen-bond donors (Lipinski definition) is 0. The van der Waals surface area contributed by atoms with Crippen molar-refractivity contribution < 1.29 is 28.6 Å². The molecule has 0 aliphatic rings. The first kappa shape index (κ1) is 73.4. The number of unbranched alkanes of at least 4 members (excludes halogenated alkanes) is 54. The third kappa shape index (κ3) is 63.1. The molecule has 0 bridgehead atoms. The average molecular weight is 1060 g/mol. The lowest BCUT2D eigenvalue weighted by Gasteiger charge is -2.18. The fraction of sp³-hybridized carbons (Fsp3) is 0.957. The summed E-state index contributed by atoms with van der Waals surface area (Å²) in [4.78, 5) is 38.3. The number of rotatable bonds is 65. The van der Waals surface area contributed by atoms with Crippen LogP contribution in [0.5, 0.6) is 0 Å². The van der Waals surface area contributed by atoms with Crippen LogP contribution in [0.15, 0.2) is 0 Å². The lowest BCUT2D eigenvalue weighted by Crippen LogP contribution is -2.30. The highest BCUT2D eigenvalue weighted by Crippen LogP contribution is 2.19. The van der Waals surface area contributed by atoms with Gasteiger partial charge in [-0.05, 0) is 19.3 Å². The van der Waals surface area contributed by atoms with E-state index in [0.717, 1.165) is 57.8 Å². The molecule has 0 N–H and O–H groups in total. The summed E-state index contributed by atoms with van der Waals surface area (Å²) >= 11 is 0. The fourth-order valence-electron chi connectivity index (χ4n) is 10.9. The molecule has 0 rings (SSSR count). The van der Waals surface area contributed by atoms with Crippen LogP contribution < -0.4 is 0 Å². The summed E-state index contributed by atoms with van der Waals surface area (Å²) in [6, 6.07) is 0. The van der Waals surface area contributed by atoms with Gasteiger partial charge in [0.1, 0.15) is 13.2 Å². The zero-order chi connectivity index (χ0) is 54.3. The second kappa shape index (κ2) is 64.9. The Hall–Kier alpha value is -1.59. The summed E-state index contributed by atoms with van der Waals surface area (Å²) in [7, 11) is 0. The molecule has 0 aromatic carbocycles. The molecule has 0 amide bonds. The topological polar surface area (TPSA) is 78.9 Å². The molecule has 0 saturated heterocycles. The first-order valence-electron chi connectivity index (χ1n) is 34.5. The maximum absolute atomic E-state index is 12.9. The van der Waals surface area contributed by atoms with Gasteiger partial charge in [0.25, 0.3) is 0 Å². The summed E-state index contributed by atoms with van der Waals surface area (Å²) < 4.78 is 17.0. The molecule has 6 nitrogen and oxygen atoms in total. The Morgan fingerprint density at radius 1 is 0.213 bits per heavy atom. The zero-order valence-electron chi connectivity index (χ0n) is 51.4. The van der Waals surface area contributed by atoms with E-state index >= 15 is 0 Å². The summed E-state index contributed by atoms with van der Waals surface area (Å²) in [5.74, 6) is -0.822. The Bertz CT molecular complexity index is 1120. The molecule has 0 heterocycles. The van der Waals surface area contributed by atoms with Crippen molar-refractivity contribution >= 4 is 17.9 Å². The zero-order valence-corrected chi connectivity index (χ0v) is 51.4. The van der Waals surface area contributed by atoms with Crippen LogP contribution in [0.3, 0.4) is 0 Å². The highest BCUT2D eigenvalue weighted by Gasteiger charge is 2.19. The molecule has 0 aromatic rings. The van der Waals surface area contributed by atoms with Crippen LogP contribution in [0, 0.1) is 0 Å². The van der Waals surface area contributed by atoms with Gasteiger partial charge in [0.2, 0.25) is 0 Å². The number of carbonyl (C=O) groups is 3. The minimum absolute atomic E-state index is 0.0603. The van der Waals surface area contributed by atoms with E-state index in [9.17, 15) is 14.4 Å². The summed E-state index contributed by atoms with van der Waals surface area (Å²) in [6.07, 6.45) is 75.6. The van der Waals surface area contributed by atoms with Gasteiger partial charge in [0, 0.05) is 19.3 Å². The molecule has 0 aliphatic carbocycles. The van der Waals surface area contributed by atoms with E-state index in [1.807, 2.05) is 0 Å². The minimum atomic E-state index is -0.762. The van der Waals surface area contributed by atoms with Crippen molar-refractivity contribution in [3.63, 3.8) is 0 Å².